The highest BCUT2D eigenvalue weighted by Crippen LogP contribution is 2.30. The van der Waals surface area contributed by atoms with Gasteiger partial charge in [0.2, 0.25) is 5.13 Å². The number of nitrogens with one attached hydrogen (secondary N) is 1. The minimum Gasteiger partial charge on any atom is -0.493 e. The minimum absolute atomic E-state index is 0.148. The number of nitrogens with two attached hydrogens (primary N) is 1. The molecule has 1 aromatic heterocycles. The number of halogens is 2. The van der Waals surface area contributed by atoms with Gasteiger partial charge in [-0.3, -0.25) is 4.79 Å². The van der Waals surface area contributed by atoms with Crippen LogP contribution >= 0.6 is 46.3 Å². The van der Waals surface area contributed by atoms with E-state index in [9.17, 15) is 4.79 Å². The number of ether oxygens (including phenoxy) is 2. The molecule has 12 heteroatoms. The Hall–Kier alpha value is -2.53. The number of hydrogen-bond acceptors (Lipinski definition) is 9. The molecular formula is C19H17Cl2N5O3S2. The lowest BCUT2D eigenvalue weighted by Crippen LogP contribution is -2.19. The quantitative estimate of drug-likeness (QED) is 0.258. The Labute approximate surface area is 196 Å². The zero-order valence-corrected chi connectivity index (χ0v) is 19.3. The molecule has 2 aromatic carbocycles. The van der Waals surface area contributed by atoms with Gasteiger partial charge in [-0.1, -0.05) is 52.4 Å². The van der Waals surface area contributed by atoms with Gasteiger partial charge in [-0.15, -0.1) is 10.2 Å². The number of nitrogens with zero attached hydrogens (tertiary/aromatic N) is 3. The molecule has 162 valence electrons. The van der Waals surface area contributed by atoms with Crippen LogP contribution in [0.25, 0.3) is 0 Å². The summed E-state index contributed by atoms with van der Waals surface area (Å²) in [5.74, 6) is 0.934. The summed E-state index contributed by atoms with van der Waals surface area (Å²) in [6.45, 7) is 0.258. The Balaban J connectivity index is 1.54. The first-order valence-corrected chi connectivity index (χ1v) is 11.3. The van der Waals surface area contributed by atoms with Crippen LogP contribution < -0.4 is 20.6 Å². The van der Waals surface area contributed by atoms with Crippen LogP contribution in [0, 0.1) is 0 Å². The fraction of sp³-hybridized carbons (Fsp3) is 0.158. The van der Waals surface area contributed by atoms with Gasteiger partial charge in [0.15, 0.2) is 15.8 Å². The molecule has 1 amide bonds. The molecule has 31 heavy (non-hydrogen) atoms. The number of rotatable bonds is 9. The molecule has 0 spiro atoms. The van der Waals surface area contributed by atoms with Crippen LogP contribution in [0.2, 0.25) is 10.0 Å². The zero-order chi connectivity index (χ0) is 22.2. The Kier molecular flexibility index (Phi) is 8.35. The molecule has 1 heterocycles. The van der Waals surface area contributed by atoms with Crippen molar-refractivity contribution in [2.45, 2.75) is 10.9 Å². The van der Waals surface area contributed by atoms with Gasteiger partial charge in [-0.2, -0.15) is 5.10 Å². The van der Waals surface area contributed by atoms with E-state index in [2.05, 4.69) is 20.7 Å². The monoisotopic (exact) mass is 497 g/mol. The Morgan fingerprint density at radius 1 is 1.26 bits per heavy atom. The van der Waals surface area contributed by atoms with E-state index in [0.717, 1.165) is 11.1 Å². The van der Waals surface area contributed by atoms with Crippen LogP contribution in [0.5, 0.6) is 11.5 Å². The molecule has 0 aliphatic rings. The molecular weight excluding hydrogens is 481 g/mol. The Morgan fingerprint density at radius 2 is 2.10 bits per heavy atom. The molecule has 0 saturated heterocycles. The van der Waals surface area contributed by atoms with E-state index >= 15 is 0 Å². The molecule has 0 aliphatic heterocycles. The summed E-state index contributed by atoms with van der Waals surface area (Å²) >= 11 is 14.5. The fourth-order valence-electron chi connectivity index (χ4n) is 2.30. The number of anilines is 1. The van der Waals surface area contributed by atoms with Crippen molar-refractivity contribution in [2.75, 3.05) is 18.6 Å². The van der Waals surface area contributed by atoms with E-state index in [1.54, 1.807) is 36.4 Å². The summed E-state index contributed by atoms with van der Waals surface area (Å²) in [5.41, 5.74) is 9.48. The second-order valence-electron chi connectivity index (χ2n) is 5.92. The third-order valence-electron chi connectivity index (χ3n) is 3.74. The van der Waals surface area contributed by atoms with Gasteiger partial charge in [0.05, 0.1) is 19.1 Å². The molecule has 0 bridgehead atoms. The third-order valence-corrected chi connectivity index (χ3v) is 6.21. The SMILES string of the molecule is COc1cc(C=NNC(=O)CSc2nnc(N)s2)ccc1OCc1ccc(Cl)cc1Cl. The Morgan fingerprint density at radius 3 is 2.81 bits per heavy atom. The highest BCUT2D eigenvalue weighted by atomic mass is 35.5. The molecule has 8 nitrogen and oxygen atoms in total. The summed E-state index contributed by atoms with van der Waals surface area (Å²) < 4.78 is 11.8. The second kappa shape index (κ2) is 11.2. The van der Waals surface area contributed by atoms with E-state index < -0.39 is 0 Å². The average Bonchev–Trinajstić information content (AvgIpc) is 3.17. The van der Waals surface area contributed by atoms with Gasteiger partial charge in [0, 0.05) is 15.6 Å². The number of methoxy groups -OCH3 is 1. The number of hydrogen-bond donors (Lipinski definition) is 2. The van der Waals surface area contributed by atoms with Crippen molar-refractivity contribution in [2.24, 2.45) is 5.10 Å². The van der Waals surface area contributed by atoms with E-state index in [1.807, 2.05) is 0 Å². The predicted octanol–water partition coefficient (Wildman–Crippen LogP) is 4.26. The number of hydrazone groups is 1. The van der Waals surface area contributed by atoms with Gasteiger partial charge >= 0.3 is 0 Å². The van der Waals surface area contributed by atoms with Crippen LogP contribution in [0.15, 0.2) is 45.8 Å². The number of carbonyl (C=O) groups is 1. The lowest BCUT2D eigenvalue weighted by atomic mass is 10.2. The van der Waals surface area contributed by atoms with Crippen LogP contribution in [-0.4, -0.2) is 35.2 Å². The largest absolute Gasteiger partial charge is 0.493 e. The van der Waals surface area contributed by atoms with Crippen LogP contribution in [-0.2, 0) is 11.4 Å². The van der Waals surface area contributed by atoms with Gasteiger partial charge < -0.3 is 15.2 Å². The summed E-state index contributed by atoms with van der Waals surface area (Å²) in [7, 11) is 1.54. The first kappa shape index (κ1) is 23.1. The van der Waals surface area contributed by atoms with E-state index in [0.29, 0.717) is 31.0 Å². The van der Waals surface area contributed by atoms with Gasteiger partial charge in [0.1, 0.15) is 6.61 Å². The zero-order valence-electron chi connectivity index (χ0n) is 16.2. The first-order chi connectivity index (χ1) is 14.9. The molecule has 0 radical (unpaired) electrons. The smallest absolute Gasteiger partial charge is 0.250 e. The predicted molar refractivity (Wildman–Crippen MR) is 125 cm³/mol. The maximum atomic E-state index is 11.9. The van der Waals surface area contributed by atoms with E-state index in [1.165, 1.54) is 36.4 Å². The lowest BCUT2D eigenvalue weighted by Gasteiger charge is -2.12. The van der Waals surface area contributed by atoms with Gasteiger partial charge in [0.25, 0.3) is 5.91 Å². The van der Waals surface area contributed by atoms with Crippen LogP contribution in [0.4, 0.5) is 5.13 Å². The molecule has 3 rings (SSSR count). The average molecular weight is 498 g/mol. The summed E-state index contributed by atoms with van der Waals surface area (Å²) in [4.78, 5) is 11.9. The van der Waals surface area contributed by atoms with Crippen molar-refractivity contribution in [3.05, 3.63) is 57.6 Å². The maximum Gasteiger partial charge on any atom is 0.250 e. The topological polar surface area (TPSA) is 112 Å². The fourth-order valence-corrected chi connectivity index (χ4v) is 4.19. The molecule has 0 fully saturated rings. The summed E-state index contributed by atoms with van der Waals surface area (Å²) in [6.07, 6.45) is 1.51. The van der Waals surface area contributed by atoms with Crippen molar-refractivity contribution >= 4 is 63.6 Å². The normalized spacial score (nSPS) is 10.9. The number of aromatic nitrogens is 2. The maximum absolute atomic E-state index is 11.9. The highest BCUT2D eigenvalue weighted by molar-refractivity contribution is 8.01. The number of carbonyl (C=O) groups excluding carboxylic acids is 1. The summed E-state index contributed by atoms with van der Waals surface area (Å²) in [5, 5.41) is 12.9. The molecule has 0 saturated carbocycles. The van der Waals surface area contributed by atoms with Gasteiger partial charge in [-0.05, 0) is 35.9 Å². The van der Waals surface area contributed by atoms with Crippen molar-refractivity contribution in [1.82, 2.24) is 15.6 Å². The molecule has 0 unspecified atom stereocenters. The standard InChI is InChI=1S/C19H17Cl2N5O3S2/c1-28-16-6-11(8-23-24-17(27)10-30-19-26-25-18(22)31-19)2-5-15(16)29-9-12-3-4-13(20)7-14(12)21/h2-8H,9-10H2,1H3,(H2,22,25)(H,24,27). The highest BCUT2D eigenvalue weighted by Gasteiger charge is 2.09. The Bertz CT molecular complexity index is 1090. The lowest BCUT2D eigenvalue weighted by molar-refractivity contribution is -0.118. The first-order valence-electron chi connectivity index (χ1n) is 8.73. The van der Waals surface area contributed by atoms with Crippen LogP contribution in [0.3, 0.4) is 0 Å². The van der Waals surface area contributed by atoms with Crippen molar-refractivity contribution in [3.8, 4) is 11.5 Å². The minimum atomic E-state index is -0.276. The summed E-state index contributed by atoms with van der Waals surface area (Å²) in [6, 6.07) is 10.5. The molecule has 3 aromatic rings. The number of benzene rings is 2. The second-order valence-corrected chi connectivity index (χ2v) is 9.00. The van der Waals surface area contributed by atoms with Crippen molar-refractivity contribution in [3.63, 3.8) is 0 Å². The third kappa shape index (κ3) is 7.00. The number of amides is 1. The van der Waals surface area contributed by atoms with E-state index in [4.69, 9.17) is 38.4 Å². The molecule has 0 aliphatic carbocycles. The number of thioether (sulfide) groups is 1. The number of nitrogen functional groups attached to an aromatic ring is 1. The van der Waals surface area contributed by atoms with Crippen LogP contribution in [0.1, 0.15) is 11.1 Å². The molecule has 3 N–H and O–H groups in total. The van der Waals surface area contributed by atoms with Gasteiger partial charge in [-0.25, -0.2) is 5.43 Å². The van der Waals surface area contributed by atoms with E-state index in [-0.39, 0.29) is 18.3 Å². The van der Waals surface area contributed by atoms with Crippen molar-refractivity contribution in [1.29, 1.82) is 0 Å². The molecule has 0 atom stereocenters. The van der Waals surface area contributed by atoms with Crippen molar-refractivity contribution < 1.29 is 14.3 Å².